The number of aromatic amines is 1. The summed E-state index contributed by atoms with van der Waals surface area (Å²) in [5.41, 5.74) is 6.32. The topological polar surface area (TPSA) is 122 Å². The first-order valence-corrected chi connectivity index (χ1v) is 15.3. The molecule has 0 radical (unpaired) electrons. The predicted octanol–water partition coefficient (Wildman–Crippen LogP) is 3.01. The van der Waals surface area contributed by atoms with Crippen LogP contribution in [0.15, 0.2) is 36.9 Å². The van der Waals surface area contributed by atoms with Gasteiger partial charge in [-0.05, 0) is 37.0 Å². The number of ether oxygens (including phenoxy) is 1. The number of hydrogen-bond donors (Lipinski definition) is 1. The number of nitrogens with zero attached hydrogens (tertiary/aromatic N) is 7. The molecular formula is C27H34N8O3S. The third-order valence-corrected chi connectivity index (χ3v) is 9.66. The maximum absolute atomic E-state index is 11.8. The average molecular weight is 551 g/mol. The minimum Gasteiger partial charge on any atom is -0.493 e. The first kappa shape index (κ1) is 25.8. The highest BCUT2D eigenvalue weighted by Gasteiger charge is 2.30. The van der Waals surface area contributed by atoms with E-state index in [-0.39, 0.29) is 5.92 Å². The van der Waals surface area contributed by atoms with Crippen LogP contribution >= 0.6 is 0 Å². The van der Waals surface area contributed by atoms with Gasteiger partial charge in [0.05, 0.1) is 41.9 Å². The van der Waals surface area contributed by atoms with Crippen LogP contribution in [0.3, 0.4) is 0 Å². The molecule has 2 fully saturated rings. The molecule has 4 aromatic heterocycles. The summed E-state index contributed by atoms with van der Waals surface area (Å²) < 4.78 is 30.8. The summed E-state index contributed by atoms with van der Waals surface area (Å²) in [5.74, 6) is 1.49. The molecule has 2 aliphatic heterocycles. The third-order valence-electron chi connectivity index (χ3n) is 7.94. The van der Waals surface area contributed by atoms with E-state index in [4.69, 9.17) is 9.72 Å². The first-order chi connectivity index (χ1) is 18.8. The minimum absolute atomic E-state index is 0.204. The van der Waals surface area contributed by atoms with Crippen molar-refractivity contribution < 1.29 is 13.2 Å². The van der Waals surface area contributed by atoms with Crippen molar-refractivity contribution in [1.82, 2.24) is 34.7 Å². The van der Waals surface area contributed by atoms with Crippen LogP contribution in [0.4, 0.5) is 5.69 Å². The highest BCUT2D eigenvalue weighted by Crippen LogP contribution is 2.36. The number of piperazine rings is 1. The molecule has 0 aliphatic carbocycles. The van der Waals surface area contributed by atoms with Crippen molar-refractivity contribution in [2.45, 2.75) is 38.6 Å². The summed E-state index contributed by atoms with van der Waals surface area (Å²) >= 11 is 0. The Morgan fingerprint density at radius 1 is 1.08 bits per heavy atom. The molecule has 12 heteroatoms. The van der Waals surface area contributed by atoms with E-state index in [0.29, 0.717) is 28.9 Å². The molecule has 206 valence electrons. The van der Waals surface area contributed by atoms with Gasteiger partial charge in [0.25, 0.3) is 0 Å². The minimum atomic E-state index is -2.83. The summed E-state index contributed by atoms with van der Waals surface area (Å²) in [6.45, 7) is 7.98. The van der Waals surface area contributed by atoms with Gasteiger partial charge in [-0.2, -0.15) is 10.2 Å². The van der Waals surface area contributed by atoms with Gasteiger partial charge in [-0.1, -0.05) is 13.8 Å². The van der Waals surface area contributed by atoms with Gasteiger partial charge in [-0.15, -0.1) is 0 Å². The summed E-state index contributed by atoms with van der Waals surface area (Å²) in [7, 11) is -1.20. The lowest BCUT2D eigenvalue weighted by atomic mass is 9.96. The molecule has 1 N–H and O–H groups in total. The smallest absolute Gasteiger partial charge is 0.197 e. The Morgan fingerprint density at radius 2 is 1.85 bits per heavy atom. The lowest BCUT2D eigenvalue weighted by Gasteiger charge is -2.41. The molecule has 39 heavy (non-hydrogen) atoms. The fourth-order valence-corrected chi connectivity index (χ4v) is 7.28. The number of hydrogen-bond acceptors (Lipinski definition) is 9. The van der Waals surface area contributed by atoms with Gasteiger partial charge >= 0.3 is 0 Å². The molecule has 4 aromatic rings. The standard InChI is InChI=1S/C27H34N8O3S/c1-18(2)24-25(19-14-23(38-3)27-29-17-30-35(27)16-19)31-32-26(24)22-5-4-21(15-28-22)34-10-8-33(9-11-34)20-6-12-39(36,37)13-7-20/h4-5,14-18,20H,6-13H2,1-3H3,(H,31,32). The third kappa shape index (κ3) is 4.98. The van der Waals surface area contributed by atoms with Crippen molar-refractivity contribution in [2.75, 3.05) is 49.7 Å². The Kier molecular flexibility index (Phi) is 6.76. The van der Waals surface area contributed by atoms with Crippen LogP contribution in [0.5, 0.6) is 5.75 Å². The zero-order valence-corrected chi connectivity index (χ0v) is 23.4. The number of aromatic nitrogens is 6. The Labute approximate surface area is 228 Å². The van der Waals surface area contributed by atoms with Crippen molar-refractivity contribution in [3.05, 3.63) is 42.5 Å². The second kappa shape index (κ2) is 10.2. The normalized spacial score (nSPS) is 18.7. The molecule has 0 spiro atoms. The predicted molar refractivity (Wildman–Crippen MR) is 150 cm³/mol. The second-order valence-electron chi connectivity index (χ2n) is 10.6. The molecule has 0 unspecified atom stereocenters. The molecule has 0 bridgehead atoms. The van der Waals surface area contributed by atoms with E-state index in [1.54, 1.807) is 11.6 Å². The maximum atomic E-state index is 11.8. The molecule has 0 atom stereocenters. The van der Waals surface area contributed by atoms with E-state index >= 15 is 0 Å². The van der Waals surface area contributed by atoms with Crippen molar-refractivity contribution in [2.24, 2.45) is 0 Å². The van der Waals surface area contributed by atoms with Crippen LogP contribution < -0.4 is 9.64 Å². The largest absolute Gasteiger partial charge is 0.493 e. The molecule has 2 aliphatic rings. The van der Waals surface area contributed by atoms with Crippen LogP contribution in [0.2, 0.25) is 0 Å². The van der Waals surface area contributed by atoms with Crippen molar-refractivity contribution in [1.29, 1.82) is 0 Å². The van der Waals surface area contributed by atoms with Crippen LogP contribution in [0, 0.1) is 0 Å². The monoisotopic (exact) mass is 550 g/mol. The van der Waals surface area contributed by atoms with E-state index < -0.39 is 9.84 Å². The van der Waals surface area contributed by atoms with Crippen LogP contribution in [0.25, 0.3) is 28.3 Å². The van der Waals surface area contributed by atoms with Crippen LogP contribution in [-0.4, -0.2) is 93.9 Å². The van der Waals surface area contributed by atoms with E-state index in [1.807, 2.05) is 24.5 Å². The van der Waals surface area contributed by atoms with E-state index in [2.05, 4.69) is 50.0 Å². The van der Waals surface area contributed by atoms with Gasteiger partial charge < -0.3 is 9.64 Å². The quantitative estimate of drug-likeness (QED) is 0.386. The SMILES string of the molecule is COc1cc(-c2[nH]nc(-c3ccc(N4CCN(C5CCS(=O)(=O)CC5)CC4)cn3)c2C(C)C)cn2ncnc12. The van der Waals surface area contributed by atoms with Gasteiger partial charge in [-0.25, -0.2) is 17.9 Å². The Bertz CT molecular complexity index is 1560. The van der Waals surface area contributed by atoms with Crippen molar-refractivity contribution >= 4 is 21.2 Å². The number of H-pyrrole nitrogens is 1. The average Bonchev–Trinajstić information content (AvgIpc) is 3.60. The summed E-state index contributed by atoms with van der Waals surface area (Å²) in [4.78, 5) is 13.9. The number of sulfone groups is 1. The zero-order chi connectivity index (χ0) is 27.1. The van der Waals surface area contributed by atoms with Crippen molar-refractivity contribution in [3.8, 4) is 28.4 Å². The first-order valence-electron chi connectivity index (χ1n) is 13.4. The summed E-state index contributed by atoms with van der Waals surface area (Å²) in [5, 5.41) is 12.2. The molecular weight excluding hydrogens is 516 g/mol. The number of methoxy groups -OCH3 is 1. The fraction of sp³-hybridized carbons (Fsp3) is 0.481. The maximum Gasteiger partial charge on any atom is 0.197 e. The van der Waals surface area contributed by atoms with Crippen LogP contribution in [0.1, 0.15) is 38.2 Å². The zero-order valence-electron chi connectivity index (χ0n) is 22.5. The molecule has 6 rings (SSSR count). The molecule has 6 heterocycles. The van der Waals surface area contributed by atoms with Gasteiger partial charge in [-0.3, -0.25) is 15.0 Å². The number of anilines is 1. The van der Waals surface area contributed by atoms with Gasteiger partial charge in [0.15, 0.2) is 11.4 Å². The Morgan fingerprint density at radius 3 is 2.51 bits per heavy atom. The van der Waals surface area contributed by atoms with E-state index in [1.165, 1.54) is 6.33 Å². The van der Waals surface area contributed by atoms with Gasteiger partial charge in [0, 0.05) is 49.5 Å². The Balaban J connectivity index is 1.20. The highest BCUT2D eigenvalue weighted by molar-refractivity contribution is 7.91. The van der Waals surface area contributed by atoms with E-state index in [0.717, 1.165) is 72.9 Å². The van der Waals surface area contributed by atoms with Crippen LogP contribution in [-0.2, 0) is 9.84 Å². The number of nitrogens with one attached hydrogen (secondary N) is 1. The second-order valence-corrected chi connectivity index (χ2v) is 13.0. The lowest BCUT2D eigenvalue weighted by Crippen LogP contribution is -2.52. The number of fused-ring (bicyclic) bond motifs is 1. The molecule has 0 amide bonds. The summed E-state index contributed by atoms with van der Waals surface area (Å²) in [6.07, 6.45) is 6.87. The summed E-state index contributed by atoms with van der Waals surface area (Å²) in [6, 6.07) is 6.49. The molecule has 0 aromatic carbocycles. The molecule has 11 nitrogen and oxygen atoms in total. The molecule has 0 saturated carbocycles. The fourth-order valence-electron chi connectivity index (χ4n) is 5.81. The number of rotatable bonds is 6. The lowest BCUT2D eigenvalue weighted by molar-refractivity contribution is 0.173. The Hall–Kier alpha value is -3.51. The van der Waals surface area contributed by atoms with Gasteiger partial charge in [0.1, 0.15) is 21.9 Å². The molecule has 2 saturated heterocycles. The van der Waals surface area contributed by atoms with Gasteiger partial charge in [0.2, 0.25) is 0 Å². The van der Waals surface area contributed by atoms with Crippen molar-refractivity contribution in [3.63, 3.8) is 0 Å². The van der Waals surface area contributed by atoms with E-state index in [9.17, 15) is 8.42 Å². The number of pyridine rings is 2. The highest BCUT2D eigenvalue weighted by atomic mass is 32.2.